The molecular weight excluding hydrogens is 482 g/mol. The van der Waals surface area contributed by atoms with Gasteiger partial charge in [-0.1, -0.05) is 73.9 Å². The summed E-state index contributed by atoms with van der Waals surface area (Å²) >= 11 is 7.18. The molecule has 3 atom stereocenters. The van der Waals surface area contributed by atoms with E-state index in [0.29, 0.717) is 11.6 Å². The van der Waals surface area contributed by atoms with Crippen LogP contribution in [0.15, 0.2) is 53.9 Å². The van der Waals surface area contributed by atoms with E-state index >= 15 is 0 Å². The second-order valence-corrected chi connectivity index (χ2v) is 11.4. The van der Waals surface area contributed by atoms with Gasteiger partial charge in [0.1, 0.15) is 5.69 Å². The first-order valence-electron chi connectivity index (χ1n) is 13.4. The number of nitrogens with zero attached hydrogens (tertiary/aromatic N) is 1. The predicted molar refractivity (Wildman–Crippen MR) is 157 cm³/mol. The number of benzene rings is 2. The van der Waals surface area contributed by atoms with Crippen molar-refractivity contribution in [2.24, 2.45) is 5.92 Å². The first-order valence-corrected chi connectivity index (χ1v) is 14.6. The van der Waals surface area contributed by atoms with Crippen molar-refractivity contribution in [3.63, 3.8) is 0 Å². The monoisotopic (exact) mass is 521 g/mol. The average molecular weight is 522 g/mol. The van der Waals surface area contributed by atoms with Crippen LogP contribution in [0.2, 0.25) is 0 Å². The molecular formula is C30H39N3OS2. The van der Waals surface area contributed by atoms with E-state index in [2.05, 4.69) is 48.7 Å². The Bertz CT molecular complexity index is 1110. The zero-order chi connectivity index (χ0) is 25.3. The third-order valence-electron chi connectivity index (χ3n) is 7.16. The number of anilines is 1. The second-order valence-electron chi connectivity index (χ2n) is 10.0. The smallest absolute Gasteiger partial charge is 0.168 e. The fourth-order valence-electron chi connectivity index (χ4n) is 5.08. The maximum absolute atomic E-state index is 11.0. The summed E-state index contributed by atoms with van der Waals surface area (Å²) in [6.45, 7) is 5.25. The lowest BCUT2D eigenvalue weighted by Gasteiger charge is -2.17. The summed E-state index contributed by atoms with van der Waals surface area (Å²) in [4.78, 5) is 5.92. The fourth-order valence-corrected chi connectivity index (χ4v) is 6.31. The summed E-state index contributed by atoms with van der Waals surface area (Å²) in [5, 5.41) is 20.9. The molecule has 0 aliphatic heterocycles. The topological polar surface area (TPSA) is 57.2 Å². The number of aryl methyl sites for hydroxylation is 1. The largest absolute Gasteiger partial charge is 0.380 e. The number of aromatic nitrogens is 1. The van der Waals surface area contributed by atoms with Gasteiger partial charge in [0, 0.05) is 29.1 Å². The van der Waals surface area contributed by atoms with Gasteiger partial charge in [0.25, 0.3) is 0 Å². The van der Waals surface area contributed by atoms with E-state index in [1.807, 2.05) is 29.6 Å². The molecule has 0 spiro atoms. The molecule has 3 unspecified atom stereocenters. The van der Waals surface area contributed by atoms with Gasteiger partial charge < -0.3 is 15.7 Å². The summed E-state index contributed by atoms with van der Waals surface area (Å²) in [5.41, 5.74) is 5.03. The molecule has 36 heavy (non-hydrogen) atoms. The summed E-state index contributed by atoms with van der Waals surface area (Å²) in [6, 6.07) is 16.6. The van der Waals surface area contributed by atoms with Gasteiger partial charge >= 0.3 is 0 Å². The van der Waals surface area contributed by atoms with Crippen LogP contribution in [0.3, 0.4) is 0 Å². The molecule has 1 aliphatic carbocycles. The Morgan fingerprint density at radius 2 is 1.97 bits per heavy atom. The van der Waals surface area contributed by atoms with Crippen LogP contribution in [0.5, 0.6) is 0 Å². The number of hydrogen-bond donors (Lipinski definition) is 3. The Labute approximate surface area is 225 Å². The molecule has 1 saturated carbocycles. The Morgan fingerprint density at radius 3 is 2.78 bits per heavy atom. The Morgan fingerprint density at radius 1 is 1.14 bits per heavy atom. The van der Waals surface area contributed by atoms with Crippen molar-refractivity contribution in [2.45, 2.75) is 77.4 Å². The SMILES string of the molecule is CCCNC(=S)CCC1CCCC(c2nc(C(O)Nc3ccc(C)cc3-c3ccccc3)cs2)CC1. The lowest BCUT2D eigenvalue weighted by atomic mass is 9.94. The summed E-state index contributed by atoms with van der Waals surface area (Å²) in [5.74, 6) is 1.24. The van der Waals surface area contributed by atoms with E-state index in [1.54, 1.807) is 11.3 Å². The highest BCUT2D eigenvalue weighted by Crippen LogP contribution is 2.38. The number of rotatable bonds is 10. The first-order chi connectivity index (χ1) is 17.5. The summed E-state index contributed by atoms with van der Waals surface area (Å²) in [6.07, 6.45) is 8.59. The molecule has 3 N–H and O–H groups in total. The summed E-state index contributed by atoms with van der Waals surface area (Å²) in [7, 11) is 0. The number of aliphatic hydroxyl groups is 1. The number of aliphatic hydroxyl groups excluding tert-OH is 1. The number of thiazole rings is 1. The van der Waals surface area contributed by atoms with Crippen LogP contribution in [0.25, 0.3) is 11.1 Å². The van der Waals surface area contributed by atoms with Crippen LogP contribution in [-0.4, -0.2) is 21.6 Å². The van der Waals surface area contributed by atoms with Crippen molar-refractivity contribution in [1.82, 2.24) is 10.3 Å². The van der Waals surface area contributed by atoms with Gasteiger partial charge in [-0.2, -0.15) is 0 Å². The molecule has 0 amide bonds. The minimum absolute atomic E-state index is 0.491. The minimum atomic E-state index is -0.838. The lowest BCUT2D eigenvalue weighted by Crippen LogP contribution is -2.22. The van der Waals surface area contributed by atoms with E-state index in [4.69, 9.17) is 17.2 Å². The van der Waals surface area contributed by atoms with Crippen LogP contribution in [0, 0.1) is 12.8 Å². The van der Waals surface area contributed by atoms with Gasteiger partial charge in [-0.3, -0.25) is 0 Å². The van der Waals surface area contributed by atoms with Crippen LogP contribution >= 0.6 is 23.6 Å². The maximum Gasteiger partial charge on any atom is 0.168 e. The standard InChI is InChI=1S/C30H39N3OS2/c1-3-18-31-28(35)17-14-22-8-7-11-24(15-13-22)30-33-27(20-36-30)29(34)32-26-16-12-21(2)19-25(26)23-9-5-4-6-10-23/h4-6,9-10,12,16,19-20,22,24,29,32,34H,3,7-8,11,13-15,17-18H2,1-2H3,(H,31,35). The van der Waals surface area contributed by atoms with E-state index in [-0.39, 0.29) is 0 Å². The molecule has 2 aromatic carbocycles. The highest BCUT2D eigenvalue weighted by molar-refractivity contribution is 7.80. The van der Waals surface area contributed by atoms with Crippen molar-refractivity contribution in [3.8, 4) is 11.1 Å². The van der Waals surface area contributed by atoms with Gasteiger partial charge in [-0.15, -0.1) is 11.3 Å². The Hall–Kier alpha value is -2.28. The normalized spacial score (nSPS) is 18.9. The predicted octanol–water partition coefficient (Wildman–Crippen LogP) is 7.99. The van der Waals surface area contributed by atoms with E-state index in [0.717, 1.165) is 47.1 Å². The molecule has 4 rings (SSSR count). The van der Waals surface area contributed by atoms with Gasteiger partial charge in [-0.25, -0.2) is 4.98 Å². The van der Waals surface area contributed by atoms with Crippen LogP contribution in [-0.2, 0) is 0 Å². The molecule has 6 heteroatoms. The van der Waals surface area contributed by atoms with Crippen molar-refractivity contribution in [2.75, 3.05) is 11.9 Å². The van der Waals surface area contributed by atoms with Crippen molar-refractivity contribution >= 4 is 34.2 Å². The van der Waals surface area contributed by atoms with E-state index < -0.39 is 6.23 Å². The Balaban J connectivity index is 1.36. The molecule has 0 bridgehead atoms. The highest BCUT2D eigenvalue weighted by Gasteiger charge is 2.24. The first kappa shape index (κ1) is 26.8. The third kappa shape index (κ3) is 7.37. The van der Waals surface area contributed by atoms with Crippen LogP contribution in [0.1, 0.15) is 86.7 Å². The van der Waals surface area contributed by atoms with Crippen molar-refractivity contribution < 1.29 is 5.11 Å². The van der Waals surface area contributed by atoms with E-state index in [1.165, 1.54) is 49.1 Å². The zero-order valence-electron chi connectivity index (χ0n) is 21.5. The Kier molecular flexibility index (Phi) is 9.90. The van der Waals surface area contributed by atoms with Crippen molar-refractivity contribution in [1.29, 1.82) is 0 Å². The average Bonchev–Trinajstić information content (AvgIpc) is 3.27. The molecule has 3 aromatic rings. The lowest BCUT2D eigenvalue weighted by molar-refractivity contribution is 0.204. The molecule has 192 valence electrons. The molecule has 1 fully saturated rings. The molecule has 4 nitrogen and oxygen atoms in total. The number of hydrogen-bond acceptors (Lipinski definition) is 5. The molecule has 1 aliphatic rings. The zero-order valence-corrected chi connectivity index (χ0v) is 23.1. The second kappa shape index (κ2) is 13.3. The quantitative estimate of drug-likeness (QED) is 0.143. The number of thiocarbonyl (C=S) groups is 1. The number of nitrogens with one attached hydrogen (secondary N) is 2. The summed E-state index contributed by atoms with van der Waals surface area (Å²) < 4.78 is 0. The molecule has 0 saturated heterocycles. The minimum Gasteiger partial charge on any atom is -0.380 e. The third-order valence-corrected chi connectivity index (χ3v) is 8.54. The van der Waals surface area contributed by atoms with Crippen LogP contribution < -0.4 is 10.6 Å². The van der Waals surface area contributed by atoms with Crippen molar-refractivity contribution in [3.05, 3.63) is 70.2 Å². The van der Waals surface area contributed by atoms with Crippen LogP contribution in [0.4, 0.5) is 5.69 Å². The highest BCUT2D eigenvalue weighted by atomic mass is 32.1. The molecule has 1 aromatic heterocycles. The maximum atomic E-state index is 11.0. The molecule has 0 radical (unpaired) electrons. The van der Waals surface area contributed by atoms with Gasteiger partial charge in [0.15, 0.2) is 6.23 Å². The fraction of sp³-hybridized carbons (Fsp3) is 0.467. The van der Waals surface area contributed by atoms with Gasteiger partial charge in [0.05, 0.1) is 10.00 Å². The van der Waals surface area contributed by atoms with Gasteiger partial charge in [-0.05, 0) is 69.1 Å². The van der Waals surface area contributed by atoms with E-state index in [9.17, 15) is 5.11 Å². The van der Waals surface area contributed by atoms with Gasteiger partial charge in [0.2, 0.25) is 0 Å². The molecule has 1 heterocycles.